The first-order valence-electron chi connectivity index (χ1n) is 6.34. The molecule has 104 valence electrons. The molecule has 0 aromatic heterocycles. The molecule has 0 radical (unpaired) electrons. The smallest absolute Gasteiger partial charge is 0.368 e. The lowest BCUT2D eigenvalue weighted by Gasteiger charge is -2.23. The highest BCUT2D eigenvalue weighted by Crippen LogP contribution is 2.26. The molecule has 0 aliphatic rings. The van der Waals surface area contributed by atoms with Gasteiger partial charge in [-0.05, 0) is 25.3 Å². The first kappa shape index (κ1) is 16.7. The number of hydrogen-bond donors (Lipinski definition) is 1. The Morgan fingerprint density at radius 2 is 1.82 bits per heavy atom. The summed E-state index contributed by atoms with van der Waals surface area (Å²) in [5.41, 5.74) is 5.17. The van der Waals surface area contributed by atoms with Crippen molar-refractivity contribution in [2.24, 2.45) is 11.7 Å². The van der Waals surface area contributed by atoms with E-state index >= 15 is 0 Å². The zero-order valence-corrected chi connectivity index (χ0v) is 10.7. The zero-order chi connectivity index (χ0) is 13.3. The van der Waals surface area contributed by atoms with E-state index in [1.807, 2.05) is 6.92 Å². The van der Waals surface area contributed by atoms with Crippen LogP contribution in [-0.4, -0.2) is 25.4 Å². The highest BCUT2D eigenvalue weighted by atomic mass is 19.4. The van der Waals surface area contributed by atoms with E-state index in [9.17, 15) is 13.2 Å². The average molecular weight is 255 g/mol. The molecule has 0 aromatic rings. The van der Waals surface area contributed by atoms with Crippen molar-refractivity contribution >= 4 is 0 Å². The highest BCUT2D eigenvalue weighted by Gasteiger charge is 2.40. The molecule has 0 bridgehead atoms. The van der Waals surface area contributed by atoms with Gasteiger partial charge in [-0.15, -0.1) is 0 Å². The lowest BCUT2D eigenvalue weighted by molar-refractivity contribution is -0.224. The molecule has 2 nitrogen and oxygen atoms in total. The summed E-state index contributed by atoms with van der Waals surface area (Å²) in [6.45, 7) is 4.23. The van der Waals surface area contributed by atoms with Crippen molar-refractivity contribution in [1.82, 2.24) is 0 Å². The molecule has 17 heavy (non-hydrogen) atoms. The van der Waals surface area contributed by atoms with Gasteiger partial charge in [-0.1, -0.05) is 33.1 Å². The first-order chi connectivity index (χ1) is 7.95. The van der Waals surface area contributed by atoms with E-state index in [4.69, 9.17) is 10.5 Å². The number of alkyl halides is 3. The fourth-order valence-corrected chi connectivity index (χ4v) is 1.64. The Kier molecular flexibility index (Phi) is 8.60. The predicted octanol–water partition coefficient (Wildman–Crippen LogP) is 3.50. The summed E-state index contributed by atoms with van der Waals surface area (Å²) >= 11 is 0. The van der Waals surface area contributed by atoms with E-state index in [1.165, 1.54) is 0 Å². The summed E-state index contributed by atoms with van der Waals surface area (Å²) in [6.07, 6.45) is -2.29. The number of halogens is 3. The molecule has 0 amide bonds. The molecule has 0 rings (SSSR count). The number of ether oxygens (including phenoxy) is 1. The Hall–Kier alpha value is -0.290. The second-order valence-electron chi connectivity index (χ2n) is 4.36. The van der Waals surface area contributed by atoms with E-state index in [1.54, 1.807) is 0 Å². The van der Waals surface area contributed by atoms with Crippen LogP contribution in [0, 0.1) is 5.92 Å². The van der Waals surface area contributed by atoms with Gasteiger partial charge in [-0.25, -0.2) is 0 Å². The van der Waals surface area contributed by atoms with Crippen LogP contribution in [0.2, 0.25) is 0 Å². The van der Waals surface area contributed by atoms with Crippen molar-refractivity contribution in [3.8, 4) is 0 Å². The van der Waals surface area contributed by atoms with Crippen molar-refractivity contribution in [2.45, 2.75) is 58.2 Å². The van der Waals surface area contributed by atoms with E-state index < -0.39 is 12.3 Å². The second-order valence-corrected chi connectivity index (χ2v) is 4.36. The molecule has 0 heterocycles. The van der Waals surface area contributed by atoms with Gasteiger partial charge in [0.1, 0.15) is 0 Å². The minimum Gasteiger partial charge on any atom is -0.368 e. The normalized spacial score (nSPS) is 15.9. The van der Waals surface area contributed by atoms with E-state index in [0.29, 0.717) is 0 Å². The largest absolute Gasteiger partial charge is 0.414 e. The van der Waals surface area contributed by atoms with Gasteiger partial charge < -0.3 is 10.5 Å². The van der Waals surface area contributed by atoms with Crippen LogP contribution in [0.4, 0.5) is 13.2 Å². The van der Waals surface area contributed by atoms with Crippen LogP contribution in [0.15, 0.2) is 0 Å². The summed E-state index contributed by atoms with van der Waals surface area (Å²) in [6, 6.07) is 0. The third-order valence-corrected chi connectivity index (χ3v) is 2.87. The van der Waals surface area contributed by atoms with Crippen molar-refractivity contribution in [2.75, 3.05) is 13.2 Å². The molecule has 0 saturated heterocycles. The van der Waals surface area contributed by atoms with Crippen LogP contribution in [0.3, 0.4) is 0 Å². The molecule has 0 spiro atoms. The molecular formula is C12H24F3NO. The fourth-order valence-electron chi connectivity index (χ4n) is 1.64. The molecule has 0 saturated carbocycles. The standard InChI is InChI=1S/C12H24F3NO/c1-3-5-6-10(4-2)9-17-11(7-8-16)12(13,14)15/h10-11H,3-9,16H2,1-2H3. The molecule has 0 aliphatic heterocycles. The monoisotopic (exact) mass is 255 g/mol. The molecule has 0 fully saturated rings. The van der Waals surface area contributed by atoms with Crippen LogP contribution in [0.25, 0.3) is 0 Å². The van der Waals surface area contributed by atoms with Crippen LogP contribution < -0.4 is 5.73 Å². The summed E-state index contributed by atoms with van der Waals surface area (Å²) < 4.78 is 42.6. The van der Waals surface area contributed by atoms with Crippen LogP contribution in [0.1, 0.15) is 46.0 Å². The molecule has 2 atom stereocenters. The SMILES string of the molecule is CCCCC(CC)COC(CCN)C(F)(F)F. The van der Waals surface area contributed by atoms with Gasteiger partial charge >= 0.3 is 6.18 Å². The summed E-state index contributed by atoms with van der Waals surface area (Å²) in [5, 5.41) is 0. The second kappa shape index (κ2) is 8.75. The van der Waals surface area contributed by atoms with Gasteiger partial charge in [0.05, 0.1) is 6.61 Å². The molecule has 2 N–H and O–H groups in total. The maximum absolute atomic E-state index is 12.5. The van der Waals surface area contributed by atoms with Crippen molar-refractivity contribution in [1.29, 1.82) is 0 Å². The Morgan fingerprint density at radius 3 is 2.24 bits per heavy atom. The van der Waals surface area contributed by atoms with Crippen LogP contribution in [0.5, 0.6) is 0 Å². The maximum Gasteiger partial charge on any atom is 0.414 e. The zero-order valence-electron chi connectivity index (χ0n) is 10.7. The van der Waals surface area contributed by atoms with Crippen molar-refractivity contribution in [3.63, 3.8) is 0 Å². The summed E-state index contributed by atoms with van der Waals surface area (Å²) in [7, 11) is 0. The first-order valence-corrected chi connectivity index (χ1v) is 6.34. The Morgan fingerprint density at radius 1 is 1.18 bits per heavy atom. The quantitative estimate of drug-likeness (QED) is 0.684. The van der Waals surface area contributed by atoms with E-state index in [-0.39, 0.29) is 25.5 Å². The van der Waals surface area contributed by atoms with E-state index in [0.717, 1.165) is 25.7 Å². The number of unbranched alkanes of at least 4 members (excludes halogenated alkanes) is 1. The molecule has 5 heteroatoms. The molecular weight excluding hydrogens is 231 g/mol. The Balaban J connectivity index is 4.08. The molecule has 2 unspecified atom stereocenters. The van der Waals surface area contributed by atoms with Gasteiger partial charge in [-0.2, -0.15) is 13.2 Å². The van der Waals surface area contributed by atoms with Gasteiger partial charge in [-0.3, -0.25) is 0 Å². The minimum absolute atomic E-state index is 0.00404. The number of rotatable bonds is 9. The van der Waals surface area contributed by atoms with Gasteiger partial charge in [0, 0.05) is 0 Å². The van der Waals surface area contributed by atoms with Crippen LogP contribution in [-0.2, 0) is 4.74 Å². The molecule has 0 aliphatic carbocycles. The van der Waals surface area contributed by atoms with Crippen LogP contribution >= 0.6 is 0 Å². The Labute approximate surface area is 102 Å². The third-order valence-electron chi connectivity index (χ3n) is 2.87. The summed E-state index contributed by atoms with van der Waals surface area (Å²) in [5.74, 6) is 0.220. The lowest BCUT2D eigenvalue weighted by Crippen LogP contribution is -2.35. The lowest BCUT2D eigenvalue weighted by atomic mass is 10.0. The Bertz CT molecular complexity index is 185. The maximum atomic E-state index is 12.5. The van der Waals surface area contributed by atoms with E-state index in [2.05, 4.69) is 6.92 Å². The number of hydrogen-bond acceptors (Lipinski definition) is 2. The number of nitrogens with two attached hydrogens (primary N) is 1. The molecule has 0 aromatic carbocycles. The van der Waals surface area contributed by atoms with Crippen molar-refractivity contribution in [3.05, 3.63) is 0 Å². The minimum atomic E-state index is -4.30. The predicted molar refractivity (Wildman–Crippen MR) is 62.8 cm³/mol. The van der Waals surface area contributed by atoms with Gasteiger partial charge in [0.2, 0.25) is 0 Å². The summed E-state index contributed by atoms with van der Waals surface area (Å²) in [4.78, 5) is 0. The van der Waals surface area contributed by atoms with Crippen molar-refractivity contribution < 1.29 is 17.9 Å². The van der Waals surface area contributed by atoms with Gasteiger partial charge in [0.25, 0.3) is 0 Å². The highest BCUT2D eigenvalue weighted by molar-refractivity contribution is 4.69. The van der Waals surface area contributed by atoms with Gasteiger partial charge in [0.15, 0.2) is 6.10 Å². The third kappa shape index (κ3) is 7.60. The topological polar surface area (TPSA) is 35.2 Å². The fraction of sp³-hybridized carbons (Fsp3) is 1.00. The average Bonchev–Trinajstić information content (AvgIpc) is 2.26.